The van der Waals surface area contributed by atoms with Gasteiger partial charge in [-0.2, -0.15) is 15.2 Å². The third-order valence-electron chi connectivity index (χ3n) is 5.28. The van der Waals surface area contributed by atoms with Gasteiger partial charge >= 0.3 is 0 Å². The Hall–Kier alpha value is -3.00. The van der Waals surface area contributed by atoms with Crippen LogP contribution in [0.4, 0.5) is 5.95 Å². The van der Waals surface area contributed by atoms with E-state index in [9.17, 15) is 4.79 Å². The molecule has 0 bridgehead atoms. The van der Waals surface area contributed by atoms with E-state index in [1.807, 2.05) is 6.92 Å². The number of hydrogen-bond donors (Lipinski definition) is 2. The number of nitrogens with one attached hydrogen (secondary N) is 2. The average Bonchev–Trinajstić information content (AvgIpc) is 3.25. The molecule has 1 aliphatic heterocycles. The highest BCUT2D eigenvalue weighted by Crippen LogP contribution is 2.23. The van der Waals surface area contributed by atoms with E-state index in [1.165, 1.54) is 0 Å². The Morgan fingerprint density at radius 1 is 1.07 bits per heavy atom. The number of carbonyl (C=O) groups is 1. The minimum Gasteiger partial charge on any atom is -0.317 e. The number of piperidine rings is 1. The number of benzene rings is 1. The molecule has 1 aliphatic rings. The predicted octanol–water partition coefficient (Wildman–Crippen LogP) is 2.65. The molecule has 0 unspecified atom stereocenters. The second kappa shape index (κ2) is 7.79. The standard InChI is InChI=1S/C21H27N7O/c1-13-9-14(2)11-17(10-13)28-15(3)12-18(25-28)20(29)24-21-23-19(26-27(21)4)16-5-7-22-8-6-16/h9-12,16,22H,5-8H2,1-4H3,(H,23,24,26,29). The molecule has 1 aromatic carbocycles. The van der Waals surface area contributed by atoms with Gasteiger partial charge in [-0.05, 0) is 76.0 Å². The van der Waals surface area contributed by atoms with E-state index in [0.29, 0.717) is 17.6 Å². The van der Waals surface area contributed by atoms with Gasteiger partial charge in [-0.25, -0.2) is 9.36 Å². The lowest BCUT2D eigenvalue weighted by atomic mass is 9.98. The molecule has 3 aromatic rings. The van der Waals surface area contributed by atoms with Crippen molar-refractivity contribution in [1.82, 2.24) is 29.9 Å². The molecule has 29 heavy (non-hydrogen) atoms. The first-order chi connectivity index (χ1) is 13.9. The molecule has 2 aromatic heterocycles. The summed E-state index contributed by atoms with van der Waals surface area (Å²) in [6, 6.07) is 8.02. The summed E-state index contributed by atoms with van der Waals surface area (Å²) in [5.74, 6) is 1.28. The minimum atomic E-state index is -0.288. The molecule has 152 valence electrons. The number of nitrogens with zero attached hydrogens (tertiary/aromatic N) is 5. The SMILES string of the molecule is Cc1cc(C)cc(-n2nc(C(=O)Nc3nc(C4CCNCC4)nn3C)cc2C)c1. The van der Waals surface area contributed by atoms with Crippen molar-refractivity contribution in [2.45, 2.75) is 39.5 Å². The van der Waals surface area contributed by atoms with Crippen LogP contribution in [0.25, 0.3) is 5.69 Å². The van der Waals surface area contributed by atoms with Gasteiger partial charge in [0.05, 0.1) is 5.69 Å². The molecule has 1 amide bonds. The molecular formula is C21H27N7O. The molecule has 1 fully saturated rings. The summed E-state index contributed by atoms with van der Waals surface area (Å²) in [5, 5.41) is 15.2. The lowest BCUT2D eigenvalue weighted by molar-refractivity contribution is 0.102. The van der Waals surface area contributed by atoms with Gasteiger partial charge in [-0.3, -0.25) is 10.1 Å². The van der Waals surface area contributed by atoms with Crippen molar-refractivity contribution in [2.75, 3.05) is 18.4 Å². The Balaban J connectivity index is 1.54. The topological polar surface area (TPSA) is 89.7 Å². The van der Waals surface area contributed by atoms with Crippen LogP contribution in [0, 0.1) is 20.8 Å². The molecule has 0 saturated carbocycles. The first kappa shape index (κ1) is 19.3. The van der Waals surface area contributed by atoms with Crippen LogP contribution in [0.5, 0.6) is 0 Å². The van der Waals surface area contributed by atoms with Crippen molar-refractivity contribution in [1.29, 1.82) is 0 Å². The number of carbonyl (C=O) groups excluding carboxylic acids is 1. The molecule has 0 radical (unpaired) electrons. The van der Waals surface area contributed by atoms with Crippen molar-refractivity contribution in [3.8, 4) is 5.69 Å². The summed E-state index contributed by atoms with van der Waals surface area (Å²) in [7, 11) is 1.80. The Morgan fingerprint density at radius 2 is 1.76 bits per heavy atom. The zero-order valence-electron chi connectivity index (χ0n) is 17.4. The Bertz CT molecular complexity index is 1020. The molecule has 3 heterocycles. The van der Waals surface area contributed by atoms with Gasteiger partial charge in [0.1, 0.15) is 0 Å². The first-order valence-corrected chi connectivity index (χ1v) is 9.99. The summed E-state index contributed by atoms with van der Waals surface area (Å²) >= 11 is 0. The zero-order valence-corrected chi connectivity index (χ0v) is 17.4. The summed E-state index contributed by atoms with van der Waals surface area (Å²) < 4.78 is 3.43. The van der Waals surface area contributed by atoms with Gasteiger partial charge in [-0.15, -0.1) is 0 Å². The van der Waals surface area contributed by atoms with E-state index in [-0.39, 0.29) is 5.91 Å². The van der Waals surface area contributed by atoms with E-state index < -0.39 is 0 Å². The van der Waals surface area contributed by atoms with Gasteiger partial charge in [0.2, 0.25) is 5.95 Å². The number of hydrogen-bond acceptors (Lipinski definition) is 5. The Morgan fingerprint density at radius 3 is 2.45 bits per heavy atom. The number of amides is 1. The van der Waals surface area contributed by atoms with Gasteiger partial charge < -0.3 is 5.32 Å². The summed E-state index contributed by atoms with van der Waals surface area (Å²) in [6.07, 6.45) is 2.02. The fourth-order valence-corrected chi connectivity index (χ4v) is 3.85. The number of rotatable bonds is 4. The fraction of sp³-hybridized carbons (Fsp3) is 0.429. The molecule has 2 N–H and O–H groups in total. The van der Waals surface area contributed by atoms with Gasteiger partial charge in [0.25, 0.3) is 5.91 Å². The van der Waals surface area contributed by atoms with Crippen LogP contribution in [0.15, 0.2) is 24.3 Å². The third kappa shape index (κ3) is 4.07. The normalized spacial score (nSPS) is 14.9. The molecule has 1 saturated heterocycles. The number of anilines is 1. The van der Waals surface area contributed by atoms with Crippen LogP contribution in [-0.2, 0) is 7.05 Å². The molecular weight excluding hydrogens is 366 g/mol. The smallest absolute Gasteiger partial charge is 0.278 e. The zero-order chi connectivity index (χ0) is 20.5. The molecule has 4 rings (SSSR count). The third-order valence-corrected chi connectivity index (χ3v) is 5.28. The maximum atomic E-state index is 12.8. The van der Waals surface area contributed by atoms with Crippen molar-refractivity contribution in [3.63, 3.8) is 0 Å². The maximum absolute atomic E-state index is 12.8. The number of aromatic nitrogens is 5. The fourth-order valence-electron chi connectivity index (χ4n) is 3.85. The van der Waals surface area contributed by atoms with Crippen LogP contribution >= 0.6 is 0 Å². The van der Waals surface area contributed by atoms with Crippen LogP contribution in [0.2, 0.25) is 0 Å². The molecule has 0 aliphatic carbocycles. The number of aryl methyl sites for hydroxylation is 4. The van der Waals surface area contributed by atoms with Crippen LogP contribution in [0.3, 0.4) is 0 Å². The summed E-state index contributed by atoms with van der Waals surface area (Å²) in [6.45, 7) is 7.99. The lowest BCUT2D eigenvalue weighted by Crippen LogP contribution is -2.27. The highest BCUT2D eigenvalue weighted by molar-refractivity contribution is 6.02. The molecule has 8 nitrogen and oxygen atoms in total. The van der Waals surface area contributed by atoms with Gasteiger partial charge in [0, 0.05) is 18.7 Å². The van der Waals surface area contributed by atoms with Crippen molar-refractivity contribution in [2.24, 2.45) is 7.05 Å². The molecule has 0 spiro atoms. The molecule has 0 atom stereocenters. The second-order valence-corrected chi connectivity index (χ2v) is 7.82. The predicted molar refractivity (Wildman–Crippen MR) is 112 cm³/mol. The average molecular weight is 393 g/mol. The Kier molecular flexibility index (Phi) is 5.19. The quantitative estimate of drug-likeness (QED) is 0.711. The largest absolute Gasteiger partial charge is 0.317 e. The maximum Gasteiger partial charge on any atom is 0.278 e. The van der Waals surface area contributed by atoms with Gasteiger partial charge in [0.15, 0.2) is 11.5 Å². The lowest BCUT2D eigenvalue weighted by Gasteiger charge is -2.19. The van der Waals surface area contributed by atoms with E-state index in [2.05, 4.69) is 57.9 Å². The second-order valence-electron chi connectivity index (χ2n) is 7.82. The first-order valence-electron chi connectivity index (χ1n) is 9.99. The van der Waals surface area contributed by atoms with E-state index >= 15 is 0 Å². The van der Waals surface area contributed by atoms with Crippen molar-refractivity contribution < 1.29 is 4.79 Å². The summed E-state index contributed by atoms with van der Waals surface area (Å²) in [5.41, 5.74) is 4.52. The van der Waals surface area contributed by atoms with E-state index in [1.54, 1.807) is 22.5 Å². The van der Waals surface area contributed by atoms with E-state index in [4.69, 9.17) is 0 Å². The summed E-state index contributed by atoms with van der Waals surface area (Å²) in [4.78, 5) is 17.4. The van der Waals surface area contributed by atoms with Crippen LogP contribution in [0.1, 0.15) is 51.9 Å². The van der Waals surface area contributed by atoms with E-state index in [0.717, 1.165) is 54.3 Å². The Labute approximate surface area is 170 Å². The van der Waals surface area contributed by atoms with Crippen molar-refractivity contribution in [3.05, 3.63) is 52.6 Å². The highest BCUT2D eigenvalue weighted by Gasteiger charge is 2.22. The minimum absolute atomic E-state index is 0.288. The van der Waals surface area contributed by atoms with Crippen LogP contribution in [-0.4, -0.2) is 43.5 Å². The van der Waals surface area contributed by atoms with Crippen molar-refractivity contribution >= 4 is 11.9 Å². The highest BCUT2D eigenvalue weighted by atomic mass is 16.2. The van der Waals surface area contributed by atoms with Gasteiger partial charge in [-0.1, -0.05) is 6.07 Å². The monoisotopic (exact) mass is 393 g/mol. The van der Waals surface area contributed by atoms with Crippen LogP contribution < -0.4 is 10.6 Å². The molecule has 8 heteroatoms.